The highest BCUT2D eigenvalue weighted by atomic mass is 32.1. The van der Waals surface area contributed by atoms with Gasteiger partial charge in [0.1, 0.15) is 17.6 Å². The summed E-state index contributed by atoms with van der Waals surface area (Å²) in [6, 6.07) is 3.90. The van der Waals surface area contributed by atoms with Gasteiger partial charge >= 0.3 is 0 Å². The summed E-state index contributed by atoms with van der Waals surface area (Å²) in [5.74, 6) is 0.222. The molecule has 0 radical (unpaired) electrons. The number of aromatic nitrogens is 3. The normalized spacial score (nSPS) is 21.0. The number of rotatable bonds is 4. The smallest absolute Gasteiger partial charge is 0.194 e. The van der Waals surface area contributed by atoms with E-state index in [0.717, 1.165) is 33.9 Å². The van der Waals surface area contributed by atoms with Gasteiger partial charge in [0.15, 0.2) is 10.8 Å². The molecule has 2 N–H and O–H groups in total. The van der Waals surface area contributed by atoms with Gasteiger partial charge in [0.25, 0.3) is 0 Å². The van der Waals surface area contributed by atoms with Crippen LogP contribution in [0.3, 0.4) is 0 Å². The number of nitrogens with zero attached hydrogens (tertiary/aromatic N) is 4. The number of phenols is 1. The largest absolute Gasteiger partial charge is 0.506 e. The average molecular weight is 390 g/mol. The zero-order valence-corrected chi connectivity index (χ0v) is 16.6. The van der Waals surface area contributed by atoms with Crippen molar-refractivity contribution in [2.45, 2.75) is 38.9 Å². The first kappa shape index (κ1) is 18.2. The number of nitrogens with one attached hydrogen (secondary N) is 1. The van der Waals surface area contributed by atoms with E-state index in [1.165, 1.54) is 11.3 Å². The zero-order chi connectivity index (χ0) is 19.1. The molecular formula is C19H24FN5OS. The first-order valence-electron chi connectivity index (χ1n) is 9.21. The predicted molar refractivity (Wildman–Crippen MR) is 107 cm³/mol. The number of fused-ring (bicyclic) bond motifs is 1. The Balaban J connectivity index is 1.58. The number of aryl methyl sites for hydroxylation is 2. The summed E-state index contributed by atoms with van der Waals surface area (Å²) in [5.41, 5.74) is 3.37. The molecule has 0 spiro atoms. The fraction of sp³-hybridized carbons (Fsp3) is 0.474. The molecule has 1 saturated heterocycles. The minimum atomic E-state index is -0.808. The molecule has 0 aliphatic carbocycles. The van der Waals surface area contributed by atoms with Crippen LogP contribution >= 0.6 is 11.3 Å². The van der Waals surface area contributed by atoms with Crippen molar-refractivity contribution in [1.29, 1.82) is 0 Å². The van der Waals surface area contributed by atoms with Crippen LogP contribution in [-0.4, -0.2) is 57.1 Å². The highest BCUT2D eigenvalue weighted by Gasteiger charge is 2.25. The Labute approximate surface area is 161 Å². The maximum atomic E-state index is 13.8. The molecule has 6 nitrogen and oxygen atoms in total. The van der Waals surface area contributed by atoms with Crippen LogP contribution in [0.1, 0.15) is 24.5 Å². The van der Waals surface area contributed by atoms with Crippen molar-refractivity contribution < 1.29 is 9.50 Å². The van der Waals surface area contributed by atoms with E-state index >= 15 is 0 Å². The number of hydrogen-bond acceptors (Lipinski definition) is 6. The van der Waals surface area contributed by atoms with Gasteiger partial charge in [0, 0.05) is 25.6 Å². The van der Waals surface area contributed by atoms with Crippen molar-refractivity contribution in [2.75, 3.05) is 25.5 Å². The molecule has 3 heterocycles. The lowest BCUT2D eigenvalue weighted by molar-refractivity contribution is 0.153. The molecule has 0 bridgehead atoms. The minimum Gasteiger partial charge on any atom is -0.506 e. The number of likely N-dealkylation sites (tertiary alicyclic amines) is 1. The van der Waals surface area contributed by atoms with Gasteiger partial charge in [0.2, 0.25) is 0 Å². The molecule has 1 aliphatic rings. The van der Waals surface area contributed by atoms with Crippen molar-refractivity contribution in [3.63, 3.8) is 0 Å². The zero-order valence-electron chi connectivity index (χ0n) is 15.7. The van der Waals surface area contributed by atoms with Crippen molar-refractivity contribution >= 4 is 26.8 Å². The quantitative estimate of drug-likeness (QED) is 0.715. The Morgan fingerprint density at radius 3 is 2.85 bits per heavy atom. The molecule has 0 unspecified atom stereocenters. The Morgan fingerprint density at radius 2 is 2.19 bits per heavy atom. The summed E-state index contributed by atoms with van der Waals surface area (Å²) >= 11 is 1.50. The van der Waals surface area contributed by atoms with Gasteiger partial charge in [-0.3, -0.25) is 0 Å². The first-order chi connectivity index (χ1) is 12.9. The number of aromatic hydroxyl groups is 1. The molecule has 1 fully saturated rings. The second-order valence-corrected chi connectivity index (χ2v) is 8.34. The predicted octanol–water partition coefficient (Wildman–Crippen LogP) is 3.51. The molecule has 4 rings (SSSR count). The van der Waals surface area contributed by atoms with Gasteiger partial charge in [-0.2, -0.15) is 4.98 Å². The van der Waals surface area contributed by atoms with Crippen molar-refractivity contribution in [3.8, 4) is 11.4 Å². The summed E-state index contributed by atoms with van der Waals surface area (Å²) in [7, 11) is 1.93. The van der Waals surface area contributed by atoms with Gasteiger partial charge in [-0.05, 0) is 37.6 Å². The number of piperidine rings is 1. The summed E-state index contributed by atoms with van der Waals surface area (Å²) in [4.78, 5) is 6.55. The van der Waals surface area contributed by atoms with Gasteiger partial charge in [-0.25, -0.2) is 9.07 Å². The highest BCUT2D eigenvalue weighted by molar-refractivity contribution is 7.22. The van der Waals surface area contributed by atoms with E-state index in [2.05, 4.69) is 28.4 Å². The summed E-state index contributed by atoms with van der Waals surface area (Å²) in [6.07, 6.45) is 2.45. The van der Waals surface area contributed by atoms with Crippen molar-refractivity contribution in [2.24, 2.45) is 0 Å². The molecule has 27 heavy (non-hydrogen) atoms. The summed E-state index contributed by atoms with van der Waals surface area (Å²) in [5, 5.41) is 19.0. The van der Waals surface area contributed by atoms with Gasteiger partial charge in [-0.15, -0.1) is 5.10 Å². The fourth-order valence-corrected chi connectivity index (χ4v) is 4.66. The molecule has 0 saturated carbocycles. The third-order valence-electron chi connectivity index (χ3n) is 4.96. The molecule has 1 aliphatic heterocycles. The van der Waals surface area contributed by atoms with Gasteiger partial charge in [-0.1, -0.05) is 24.3 Å². The van der Waals surface area contributed by atoms with E-state index in [1.807, 2.05) is 25.1 Å². The van der Waals surface area contributed by atoms with E-state index in [0.29, 0.717) is 24.3 Å². The number of anilines is 1. The number of benzene rings is 1. The monoisotopic (exact) mass is 389 g/mol. The first-order valence-corrected chi connectivity index (χ1v) is 10.0. The van der Waals surface area contributed by atoms with Crippen LogP contribution in [0, 0.1) is 6.92 Å². The number of alkyl halides is 1. The summed E-state index contributed by atoms with van der Waals surface area (Å²) in [6.45, 7) is 5.32. The van der Waals surface area contributed by atoms with Crippen LogP contribution in [0.4, 0.5) is 9.52 Å². The standard InChI is InChI=1S/C19H24FN5OS/c1-4-12-5-11(2)17(15(26)6-12)25-10-16-18(23-25)22-19(27-16)21-14-7-13(20)8-24(3)9-14/h5-6,10,13-14,26H,4,7-9H2,1-3H3,(H,21,22,23)/t13-,14-/m1/s1. The number of hydrogen-bond donors (Lipinski definition) is 2. The number of likely N-dealkylation sites (N-methyl/N-ethyl adjacent to an activating group) is 1. The number of halogens is 1. The second kappa shape index (κ2) is 7.09. The Kier molecular flexibility index (Phi) is 4.77. The Morgan fingerprint density at radius 1 is 1.37 bits per heavy atom. The molecule has 8 heteroatoms. The fourth-order valence-electron chi connectivity index (χ4n) is 3.76. The molecule has 2 aromatic heterocycles. The Hall–Kier alpha value is -2.19. The third kappa shape index (κ3) is 3.64. The lowest BCUT2D eigenvalue weighted by Crippen LogP contribution is -2.45. The minimum absolute atomic E-state index is 0.0500. The second-order valence-electron chi connectivity index (χ2n) is 7.31. The molecular weight excluding hydrogens is 365 g/mol. The maximum Gasteiger partial charge on any atom is 0.194 e. The van der Waals surface area contributed by atoms with Crippen LogP contribution in [0.5, 0.6) is 5.75 Å². The van der Waals surface area contributed by atoms with E-state index in [1.54, 1.807) is 10.7 Å². The topological polar surface area (TPSA) is 66.2 Å². The lowest BCUT2D eigenvalue weighted by atomic mass is 10.1. The van der Waals surface area contributed by atoms with Crippen LogP contribution in [-0.2, 0) is 6.42 Å². The van der Waals surface area contributed by atoms with E-state index < -0.39 is 6.17 Å². The maximum absolute atomic E-state index is 13.8. The third-order valence-corrected chi connectivity index (χ3v) is 5.87. The lowest BCUT2D eigenvalue weighted by Gasteiger charge is -2.32. The summed E-state index contributed by atoms with van der Waals surface area (Å²) < 4.78 is 16.4. The molecule has 2 atom stereocenters. The van der Waals surface area contributed by atoms with E-state index in [4.69, 9.17) is 0 Å². The Bertz CT molecular complexity index is 904. The van der Waals surface area contributed by atoms with E-state index in [9.17, 15) is 9.50 Å². The van der Waals surface area contributed by atoms with Crippen molar-refractivity contribution in [1.82, 2.24) is 19.7 Å². The van der Waals surface area contributed by atoms with Crippen LogP contribution in [0.2, 0.25) is 0 Å². The van der Waals surface area contributed by atoms with Crippen molar-refractivity contribution in [3.05, 3.63) is 29.5 Å². The molecule has 3 aromatic rings. The molecule has 1 aromatic carbocycles. The highest BCUT2D eigenvalue weighted by Crippen LogP contribution is 2.32. The van der Waals surface area contributed by atoms with Crippen LogP contribution in [0.15, 0.2) is 18.3 Å². The molecule has 144 valence electrons. The number of phenolic OH excluding ortho intramolecular Hbond substituents is 1. The number of thiazole rings is 1. The molecule has 0 amide bonds. The van der Waals surface area contributed by atoms with Crippen LogP contribution in [0.25, 0.3) is 16.0 Å². The van der Waals surface area contributed by atoms with E-state index in [-0.39, 0.29) is 11.8 Å². The van der Waals surface area contributed by atoms with Gasteiger partial charge < -0.3 is 15.3 Å². The van der Waals surface area contributed by atoms with Gasteiger partial charge in [0.05, 0.1) is 10.9 Å². The SMILES string of the molecule is CCc1cc(C)c(-n2cc3sc(N[C@@H]4C[C@@H](F)CN(C)C4)nc3n2)c(O)c1. The van der Waals surface area contributed by atoms with Crippen LogP contribution < -0.4 is 5.32 Å². The average Bonchev–Trinajstić information content (AvgIpc) is 3.11.